The van der Waals surface area contributed by atoms with Gasteiger partial charge in [0.2, 0.25) is 15.9 Å². The number of nitrogens with zero attached hydrogens (tertiary/aromatic N) is 3. The quantitative estimate of drug-likeness (QED) is 0.661. The summed E-state index contributed by atoms with van der Waals surface area (Å²) in [6.45, 7) is 3.09. The number of ether oxygens (including phenoxy) is 1. The van der Waals surface area contributed by atoms with Crippen LogP contribution in [0.15, 0.2) is 29.2 Å². The van der Waals surface area contributed by atoms with E-state index in [4.69, 9.17) is 4.74 Å². The predicted molar refractivity (Wildman–Crippen MR) is 103 cm³/mol. The highest BCUT2D eigenvalue weighted by Gasteiger charge is 2.37. The highest BCUT2D eigenvalue weighted by molar-refractivity contribution is 7.89. The molecule has 0 aliphatic carbocycles. The molecule has 7 nitrogen and oxygen atoms in total. The molecule has 1 aromatic carbocycles. The molecule has 2 aliphatic rings. The fourth-order valence-corrected chi connectivity index (χ4v) is 5.39. The molecule has 2 fully saturated rings. The van der Waals surface area contributed by atoms with Crippen molar-refractivity contribution < 1.29 is 31.1 Å². The van der Waals surface area contributed by atoms with Crippen molar-refractivity contribution in [1.82, 2.24) is 14.1 Å². The summed E-state index contributed by atoms with van der Waals surface area (Å²) < 4.78 is 70.3. The first-order valence-corrected chi connectivity index (χ1v) is 11.3. The molecule has 0 radical (unpaired) electrons. The molecule has 1 aromatic rings. The van der Waals surface area contributed by atoms with Gasteiger partial charge in [-0.1, -0.05) is 0 Å². The molecule has 168 valence electrons. The molecule has 1 atom stereocenters. The molecule has 11 heteroatoms. The Kier molecular flexibility index (Phi) is 7.05. The maximum Gasteiger partial charge on any atom is 0.416 e. The minimum Gasteiger partial charge on any atom is -0.383 e. The van der Waals surface area contributed by atoms with E-state index in [1.165, 1.54) is 4.31 Å². The van der Waals surface area contributed by atoms with E-state index in [1.807, 2.05) is 4.90 Å². The van der Waals surface area contributed by atoms with Gasteiger partial charge in [0.1, 0.15) is 0 Å². The Labute approximate surface area is 174 Å². The summed E-state index contributed by atoms with van der Waals surface area (Å²) in [6.07, 6.45) is -3.29. The van der Waals surface area contributed by atoms with Crippen molar-refractivity contribution in [2.24, 2.45) is 0 Å². The fraction of sp³-hybridized carbons (Fsp3) is 0.632. The maximum absolute atomic E-state index is 12.9. The van der Waals surface area contributed by atoms with E-state index >= 15 is 0 Å². The van der Waals surface area contributed by atoms with Crippen LogP contribution in [0.3, 0.4) is 0 Å². The van der Waals surface area contributed by atoms with Gasteiger partial charge in [0.15, 0.2) is 0 Å². The third kappa shape index (κ3) is 4.96. The minimum atomic E-state index is -4.52. The van der Waals surface area contributed by atoms with Crippen molar-refractivity contribution in [3.05, 3.63) is 29.8 Å². The second kappa shape index (κ2) is 9.21. The van der Waals surface area contributed by atoms with Crippen LogP contribution in [0.2, 0.25) is 0 Å². The van der Waals surface area contributed by atoms with Gasteiger partial charge in [-0.2, -0.15) is 17.5 Å². The van der Waals surface area contributed by atoms with Crippen LogP contribution in [0.4, 0.5) is 13.2 Å². The Hall–Kier alpha value is -1.69. The van der Waals surface area contributed by atoms with E-state index in [9.17, 15) is 26.4 Å². The molecule has 30 heavy (non-hydrogen) atoms. The molecule has 0 aromatic heterocycles. The summed E-state index contributed by atoms with van der Waals surface area (Å²) in [5.41, 5.74) is -0.888. The number of amides is 1. The smallest absolute Gasteiger partial charge is 0.383 e. The Morgan fingerprint density at radius 3 is 2.40 bits per heavy atom. The van der Waals surface area contributed by atoms with E-state index in [2.05, 4.69) is 0 Å². The molecule has 0 unspecified atom stereocenters. The zero-order valence-electron chi connectivity index (χ0n) is 16.8. The SMILES string of the molecule is COCCN1CC[C@H](N2CCCN(S(=O)(=O)c3ccc(C(F)(F)F)cc3)CC2)C1=O. The summed E-state index contributed by atoms with van der Waals surface area (Å²) in [5.74, 6) is 0.0334. The second-order valence-electron chi connectivity index (χ2n) is 7.44. The first-order chi connectivity index (χ1) is 14.1. The van der Waals surface area contributed by atoms with Gasteiger partial charge < -0.3 is 9.64 Å². The van der Waals surface area contributed by atoms with Crippen LogP contribution in [0.25, 0.3) is 0 Å². The highest BCUT2D eigenvalue weighted by Crippen LogP contribution is 2.30. The molecule has 0 bridgehead atoms. The standard InChI is InChI=1S/C19H26F3N3O4S/c1-29-14-13-24-10-7-17(18(24)26)23-8-2-9-25(12-11-23)30(27,28)16-5-3-15(4-6-16)19(20,21)22/h3-6,17H,2,7-14H2,1H3/t17-/m0/s1. The number of hydrogen-bond donors (Lipinski definition) is 0. The van der Waals surface area contributed by atoms with Crippen LogP contribution in [0.1, 0.15) is 18.4 Å². The molecular formula is C19H26F3N3O4S. The van der Waals surface area contributed by atoms with Crippen LogP contribution in [-0.2, 0) is 25.7 Å². The average molecular weight is 449 g/mol. The summed E-state index contributed by atoms with van der Waals surface area (Å²) >= 11 is 0. The molecule has 2 heterocycles. The van der Waals surface area contributed by atoms with Crippen LogP contribution >= 0.6 is 0 Å². The number of methoxy groups -OCH3 is 1. The van der Waals surface area contributed by atoms with E-state index in [0.29, 0.717) is 45.6 Å². The van der Waals surface area contributed by atoms with Crippen molar-refractivity contribution in [3.8, 4) is 0 Å². The molecule has 1 amide bonds. The van der Waals surface area contributed by atoms with Crippen LogP contribution in [0.5, 0.6) is 0 Å². The monoisotopic (exact) mass is 449 g/mol. The molecular weight excluding hydrogens is 423 g/mol. The molecule has 0 spiro atoms. The number of carbonyl (C=O) groups excluding carboxylic acids is 1. The summed E-state index contributed by atoms with van der Waals surface area (Å²) in [6, 6.07) is 3.28. The summed E-state index contributed by atoms with van der Waals surface area (Å²) in [7, 11) is -2.32. The van der Waals surface area contributed by atoms with Gasteiger partial charge in [0.05, 0.1) is 23.1 Å². The van der Waals surface area contributed by atoms with Crippen molar-refractivity contribution in [2.75, 3.05) is 53.0 Å². The normalized spacial score (nSPS) is 22.5. The number of sulfonamides is 1. The summed E-state index contributed by atoms with van der Waals surface area (Å²) in [4.78, 5) is 16.3. The average Bonchev–Trinajstić information content (AvgIpc) is 2.91. The highest BCUT2D eigenvalue weighted by atomic mass is 32.2. The van der Waals surface area contributed by atoms with Crippen molar-refractivity contribution in [2.45, 2.75) is 30.0 Å². The Morgan fingerprint density at radius 2 is 1.77 bits per heavy atom. The van der Waals surface area contributed by atoms with E-state index < -0.39 is 21.8 Å². The second-order valence-corrected chi connectivity index (χ2v) is 9.38. The molecule has 0 saturated carbocycles. The van der Waals surface area contributed by atoms with E-state index in [1.54, 1.807) is 12.0 Å². The van der Waals surface area contributed by atoms with Crippen LogP contribution < -0.4 is 0 Å². The lowest BCUT2D eigenvalue weighted by molar-refractivity contribution is -0.137. The minimum absolute atomic E-state index is 0.0334. The molecule has 2 saturated heterocycles. The number of benzene rings is 1. The Bertz CT molecular complexity index is 846. The zero-order valence-corrected chi connectivity index (χ0v) is 17.6. The van der Waals surface area contributed by atoms with Gasteiger partial charge in [-0.05, 0) is 37.1 Å². The zero-order chi connectivity index (χ0) is 21.9. The number of rotatable bonds is 6. The summed E-state index contributed by atoms with van der Waals surface area (Å²) in [5, 5.41) is 0. The number of halogens is 3. The van der Waals surface area contributed by atoms with Gasteiger partial charge in [-0.25, -0.2) is 8.42 Å². The number of carbonyl (C=O) groups is 1. The largest absolute Gasteiger partial charge is 0.416 e. The number of likely N-dealkylation sites (tertiary alicyclic amines) is 1. The third-order valence-electron chi connectivity index (χ3n) is 5.58. The van der Waals surface area contributed by atoms with Gasteiger partial charge in [0, 0.05) is 46.4 Å². The number of alkyl halides is 3. The number of hydrogen-bond acceptors (Lipinski definition) is 5. The first-order valence-electron chi connectivity index (χ1n) is 9.84. The Morgan fingerprint density at radius 1 is 1.07 bits per heavy atom. The van der Waals surface area contributed by atoms with Crippen molar-refractivity contribution >= 4 is 15.9 Å². The lowest BCUT2D eigenvalue weighted by Gasteiger charge is -2.26. The Balaban J connectivity index is 1.65. The van der Waals surface area contributed by atoms with E-state index in [0.717, 1.165) is 24.3 Å². The molecule has 2 aliphatic heterocycles. The van der Waals surface area contributed by atoms with Gasteiger partial charge in [-0.15, -0.1) is 0 Å². The lowest BCUT2D eigenvalue weighted by Crippen LogP contribution is -2.44. The van der Waals surface area contributed by atoms with Gasteiger partial charge in [0.25, 0.3) is 0 Å². The van der Waals surface area contributed by atoms with Crippen molar-refractivity contribution in [3.63, 3.8) is 0 Å². The van der Waals surface area contributed by atoms with Crippen LogP contribution in [0, 0.1) is 0 Å². The molecule has 0 N–H and O–H groups in total. The molecule has 3 rings (SSSR count). The third-order valence-corrected chi connectivity index (χ3v) is 7.50. The van der Waals surface area contributed by atoms with Crippen molar-refractivity contribution in [1.29, 1.82) is 0 Å². The van der Waals surface area contributed by atoms with Gasteiger partial charge in [-0.3, -0.25) is 9.69 Å². The predicted octanol–water partition coefficient (Wildman–Crippen LogP) is 1.65. The van der Waals surface area contributed by atoms with E-state index in [-0.39, 0.29) is 29.9 Å². The fourth-order valence-electron chi connectivity index (χ4n) is 3.92. The maximum atomic E-state index is 12.9. The first kappa shape index (κ1) is 23.0. The topological polar surface area (TPSA) is 70.2 Å². The van der Waals surface area contributed by atoms with Crippen LogP contribution in [-0.4, -0.2) is 87.5 Å². The lowest BCUT2D eigenvalue weighted by atomic mass is 10.2. The van der Waals surface area contributed by atoms with Gasteiger partial charge >= 0.3 is 6.18 Å².